The van der Waals surface area contributed by atoms with Gasteiger partial charge in [0.05, 0.1) is 17.1 Å². The van der Waals surface area contributed by atoms with E-state index in [-0.39, 0.29) is 6.04 Å². The molecule has 12 rings (SSSR count). The van der Waals surface area contributed by atoms with Crippen LogP contribution < -0.4 is 4.90 Å². The molecule has 62 heavy (non-hydrogen) atoms. The summed E-state index contributed by atoms with van der Waals surface area (Å²) < 4.78 is 2.44. The van der Waals surface area contributed by atoms with Crippen LogP contribution in [0.25, 0.3) is 76.5 Å². The number of hydrogen-bond donors (Lipinski definition) is 0. The van der Waals surface area contributed by atoms with Gasteiger partial charge < -0.3 is 9.47 Å². The Bertz CT molecular complexity index is 3470. The van der Waals surface area contributed by atoms with E-state index in [9.17, 15) is 0 Å². The maximum Gasteiger partial charge on any atom is 0.0565 e. The van der Waals surface area contributed by atoms with Crippen LogP contribution in [-0.2, 0) is 0 Å². The summed E-state index contributed by atoms with van der Waals surface area (Å²) in [5.41, 5.74) is 12.4. The van der Waals surface area contributed by atoms with E-state index in [1.54, 1.807) is 0 Å². The SMILES string of the molecule is C1=CC(c2cccc3c2c2cc4ccccc4cc2n3-c2ccccc2)=CC(N(C2=CCC(c3ccc4ccccc4c3)C=C2)c2ccc(-c3ccc4ccccc4c3)cc2)C1. The van der Waals surface area contributed by atoms with Gasteiger partial charge in [-0.15, -0.1) is 0 Å². The molecule has 10 aromatic rings. The Morgan fingerprint density at radius 3 is 1.89 bits per heavy atom. The van der Waals surface area contributed by atoms with Crippen LogP contribution in [0.15, 0.2) is 236 Å². The summed E-state index contributed by atoms with van der Waals surface area (Å²) in [5.74, 6) is 0.327. The lowest BCUT2D eigenvalue weighted by atomic mass is 9.89. The third kappa shape index (κ3) is 6.35. The minimum absolute atomic E-state index is 0.105. The van der Waals surface area contributed by atoms with Gasteiger partial charge in [-0.05, 0) is 128 Å². The van der Waals surface area contributed by atoms with Crippen molar-refractivity contribution in [2.45, 2.75) is 24.8 Å². The van der Waals surface area contributed by atoms with Crippen molar-refractivity contribution in [3.63, 3.8) is 0 Å². The predicted octanol–water partition coefficient (Wildman–Crippen LogP) is 15.8. The van der Waals surface area contributed by atoms with Crippen molar-refractivity contribution in [1.29, 1.82) is 0 Å². The van der Waals surface area contributed by atoms with Gasteiger partial charge >= 0.3 is 0 Å². The summed E-state index contributed by atoms with van der Waals surface area (Å²) in [5, 5.41) is 10.2. The highest BCUT2D eigenvalue weighted by Crippen LogP contribution is 2.42. The molecule has 2 nitrogen and oxygen atoms in total. The Balaban J connectivity index is 0.967. The first-order chi connectivity index (χ1) is 30.7. The summed E-state index contributed by atoms with van der Waals surface area (Å²) in [6.45, 7) is 0. The zero-order valence-corrected chi connectivity index (χ0v) is 34.4. The van der Waals surface area contributed by atoms with Crippen LogP contribution >= 0.6 is 0 Å². The Morgan fingerprint density at radius 2 is 1.15 bits per heavy atom. The summed E-state index contributed by atoms with van der Waals surface area (Å²) in [7, 11) is 0. The monoisotopic (exact) mass is 792 g/mol. The Labute approximate surface area is 362 Å². The normalized spacial score (nSPS) is 16.3. The molecule has 2 atom stereocenters. The van der Waals surface area contributed by atoms with E-state index in [0.717, 1.165) is 12.8 Å². The highest BCUT2D eigenvalue weighted by atomic mass is 15.2. The third-order valence-electron chi connectivity index (χ3n) is 13.1. The molecule has 2 aliphatic carbocycles. The summed E-state index contributed by atoms with van der Waals surface area (Å²) in [6.07, 6.45) is 16.3. The smallest absolute Gasteiger partial charge is 0.0565 e. The van der Waals surface area contributed by atoms with Crippen molar-refractivity contribution in [1.82, 2.24) is 4.57 Å². The van der Waals surface area contributed by atoms with Crippen molar-refractivity contribution >= 4 is 65.4 Å². The molecular weight excluding hydrogens is 749 g/mol. The molecule has 0 N–H and O–H groups in total. The van der Waals surface area contributed by atoms with Gasteiger partial charge in [-0.3, -0.25) is 0 Å². The maximum atomic E-state index is 2.57. The van der Waals surface area contributed by atoms with Crippen molar-refractivity contribution in [3.8, 4) is 16.8 Å². The van der Waals surface area contributed by atoms with E-state index in [2.05, 4.69) is 240 Å². The molecule has 0 saturated carbocycles. The number of allylic oxidation sites excluding steroid dienone is 5. The molecule has 2 unspecified atom stereocenters. The van der Waals surface area contributed by atoms with Crippen molar-refractivity contribution < 1.29 is 0 Å². The van der Waals surface area contributed by atoms with Gasteiger partial charge in [-0.2, -0.15) is 0 Å². The molecule has 9 aromatic carbocycles. The maximum absolute atomic E-state index is 2.57. The largest absolute Gasteiger partial charge is 0.334 e. The second kappa shape index (κ2) is 15.1. The Kier molecular flexibility index (Phi) is 8.81. The zero-order chi connectivity index (χ0) is 41.0. The number of benzene rings is 9. The van der Waals surface area contributed by atoms with E-state index in [4.69, 9.17) is 0 Å². The van der Waals surface area contributed by atoms with E-state index >= 15 is 0 Å². The number of nitrogens with zero attached hydrogens (tertiary/aromatic N) is 2. The zero-order valence-electron chi connectivity index (χ0n) is 34.4. The minimum atomic E-state index is 0.105. The molecule has 0 amide bonds. The van der Waals surface area contributed by atoms with Crippen LogP contribution in [0.4, 0.5) is 5.69 Å². The number of para-hydroxylation sites is 1. The molecular formula is C60H44N2. The van der Waals surface area contributed by atoms with Crippen LogP contribution in [0.5, 0.6) is 0 Å². The molecule has 2 aliphatic rings. The average Bonchev–Trinajstić information content (AvgIpc) is 3.67. The molecule has 0 spiro atoms. The van der Waals surface area contributed by atoms with E-state index < -0.39 is 0 Å². The standard InChI is InChI=1S/C60H44N2/c1-2-19-52(20-3-1)62-58-23-11-22-56(60(58)57-39-47-16-8-9-17-48(47)40-59(57)62)51-18-10-21-55(38-51)61(53-32-28-43(29-33-53)49-26-24-41-12-4-6-14-45(41)36-49)54-34-30-44(31-35-54)50-27-25-42-13-5-7-15-46(42)37-50/h1-20,22-30,32-40,44,55H,21,31H2. The lowest BCUT2D eigenvalue weighted by Crippen LogP contribution is -2.34. The van der Waals surface area contributed by atoms with Crippen molar-refractivity contribution in [3.05, 3.63) is 247 Å². The summed E-state index contributed by atoms with van der Waals surface area (Å²) >= 11 is 0. The number of fused-ring (bicyclic) bond motifs is 6. The molecule has 2 heteroatoms. The van der Waals surface area contributed by atoms with Gasteiger partial charge in [0.2, 0.25) is 0 Å². The minimum Gasteiger partial charge on any atom is -0.334 e. The van der Waals surface area contributed by atoms with E-state index in [0.29, 0.717) is 5.92 Å². The fourth-order valence-electron chi connectivity index (χ4n) is 10.1. The average molecular weight is 793 g/mol. The third-order valence-corrected chi connectivity index (χ3v) is 13.1. The Morgan fingerprint density at radius 1 is 0.484 bits per heavy atom. The molecule has 294 valence electrons. The van der Waals surface area contributed by atoms with Crippen LogP contribution in [0.2, 0.25) is 0 Å². The van der Waals surface area contributed by atoms with Gasteiger partial charge in [0.25, 0.3) is 0 Å². The van der Waals surface area contributed by atoms with Gasteiger partial charge in [0.1, 0.15) is 0 Å². The van der Waals surface area contributed by atoms with E-state index in [1.165, 1.54) is 99.0 Å². The fourth-order valence-corrected chi connectivity index (χ4v) is 10.1. The van der Waals surface area contributed by atoms with Crippen LogP contribution in [-0.4, -0.2) is 10.6 Å². The van der Waals surface area contributed by atoms with Gasteiger partial charge in [-0.25, -0.2) is 0 Å². The summed E-state index contributed by atoms with van der Waals surface area (Å²) in [4.78, 5) is 2.57. The lowest BCUT2D eigenvalue weighted by Gasteiger charge is -2.36. The molecule has 0 saturated heterocycles. The topological polar surface area (TPSA) is 8.17 Å². The van der Waals surface area contributed by atoms with Crippen molar-refractivity contribution in [2.75, 3.05) is 4.90 Å². The predicted molar refractivity (Wildman–Crippen MR) is 264 cm³/mol. The molecule has 1 aromatic heterocycles. The van der Waals surface area contributed by atoms with Crippen LogP contribution in [0.3, 0.4) is 0 Å². The van der Waals surface area contributed by atoms with Gasteiger partial charge in [0, 0.05) is 33.8 Å². The van der Waals surface area contributed by atoms with Gasteiger partial charge in [-0.1, -0.05) is 176 Å². The van der Waals surface area contributed by atoms with Gasteiger partial charge in [0.15, 0.2) is 0 Å². The Hall–Kier alpha value is -7.68. The first-order valence-electron chi connectivity index (χ1n) is 21.9. The highest BCUT2D eigenvalue weighted by Gasteiger charge is 2.26. The number of rotatable bonds is 7. The first-order valence-corrected chi connectivity index (χ1v) is 21.9. The number of anilines is 1. The van der Waals surface area contributed by atoms with E-state index in [1.807, 2.05) is 0 Å². The molecule has 0 aliphatic heterocycles. The number of aromatic nitrogens is 1. The van der Waals surface area contributed by atoms with Crippen LogP contribution in [0, 0.1) is 0 Å². The molecule has 0 bridgehead atoms. The quantitative estimate of drug-likeness (QED) is 0.156. The summed E-state index contributed by atoms with van der Waals surface area (Å²) in [6, 6.07) is 71.5. The highest BCUT2D eigenvalue weighted by molar-refractivity contribution is 6.17. The second-order valence-electron chi connectivity index (χ2n) is 16.8. The molecule has 1 heterocycles. The van der Waals surface area contributed by atoms with Crippen molar-refractivity contribution in [2.24, 2.45) is 0 Å². The molecule has 0 fully saturated rings. The number of hydrogen-bond acceptors (Lipinski definition) is 1. The van der Waals surface area contributed by atoms with Crippen LogP contribution in [0.1, 0.15) is 29.9 Å². The lowest BCUT2D eigenvalue weighted by molar-refractivity contribution is 0.747. The molecule has 0 radical (unpaired) electrons. The first kappa shape index (κ1) is 36.2. The fraction of sp³-hybridized carbons (Fsp3) is 0.0667. The second-order valence-corrected chi connectivity index (χ2v) is 16.8.